The molecular weight excluding hydrogens is 248 g/mol. The van der Waals surface area contributed by atoms with Crippen molar-refractivity contribution in [2.75, 3.05) is 13.2 Å². The molecule has 104 valence electrons. The zero-order valence-electron chi connectivity index (χ0n) is 11.5. The molecule has 1 atom stereocenters. The lowest BCUT2D eigenvalue weighted by molar-refractivity contribution is -0.132. The molecule has 0 bridgehead atoms. The predicted molar refractivity (Wildman–Crippen MR) is 76.3 cm³/mol. The summed E-state index contributed by atoms with van der Waals surface area (Å²) in [7, 11) is 0. The van der Waals surface area contributed by atoms with Gasteiger partial charge in [-0.3, -0.25) is 4.79 Å². The van der Waals surface area contributed by atoms with Gasteiger partial charge in [0, 0.05) is 6.61 Å². The average Bonchev–Trinajstić information content (AvgIpc) is 2.21. The number of carbonyl (C=O) groups is 1. The van der Waals surface area contributed by atoms with E-state index in [1.165, 1.54) is 0 Å². The third kappa shape index (κ3) is 3.20. The number of nitrogens with one attached hydrogen (secondary N) is 1. The first-order chi connectivity index (χ1) is 8.44. The van der Waals surface area contributed by atoms with Crippen LogP contribution >= 0.6 is 12.2 Å². The minimum atomic E-state index is -0.602. The first-order valence-electron chi connectivity index (χ1n) is 6.62. The van der Waals surface area contributed by atoms with Gasteiger partial charge in [0.2, 0.25) is 5.91 Å². The van der Waals surface area contributed by atoms with Crippen LogP contribution in [0.4, 0.5) is 0 Å². The van der Waals surface area contributed by atoms with Crippen molar-refractivity contribution in [1.82, 2.24) is 5.32 Å². The third-order valence-corrected chi connectivity index (χ3v) is 4.13. The molecule has 1 aliphatic rings. The number of hydrogen-bond acceptors (Lipinski definition) is 3. The highest BCUT2D eigenvalue weighted by Gasteiger charge is 2.47. The van der Waals surface area contributed by atoms with Crippen molar-refractivity contribution >= 4 is 23.1 Å². The zero-order chi connectivity index (χ0) is 13.8. The minimum Gasteiger partial charge on any atom is -0.392 e. The van der Waals surface area contributed by atoms with Gasteiger partial charge in [-0.1, -0.05) is 32.5 Å². The van der Waals surface area contributed by atoms with E-state index < -0.39 is 5.41 Å². The van der Waals surface area contributed by atoms with Gasteiger partial charge in [-0.2, -0.15) is 0 Å². The smallest absolute Gasteiger partial charge is 0.233 e. The van der Waals surface area contributed by atoms with Gasteiger partial charge in [0.05, 0.1) is 23.1 Å². The fourth-order valence-electron chi connectivity index (χ4n) is 2.07. The van der Waals surface area contributed by atoms with E-state index in [9.17, 15) is 4.79 Å². The molecule has 5 heteroatoms. The molecule has 1 rings (SSSR count). The van der Waals surface area contributed by atoms with Crippen LogP contribution in [0.2, 0.25) is 0 Å². The van der Waals surface area contributed by atoms with Crippen molar-refractivity contribution in [2.24, 2.45) is 17.1 Å². The van der Waals surface area contributed by atoms with Gasteiger partial charge in [-0.25, -0.2) is 0 Å². The number of amides is 1. The van der Waals surface area contributed by atoms with Crippen molar-refractivity contribution in [3.05, 3.63) is 0 Å². The van der Waals surface area contributed by atoms with Crippen molar-refractivity contribution in [2.45, 2.75) is 46.1 Å². The maximum Gasteiger partial charge on any atom is 0.233 e. The Morgan fingerprint density at radius 1 is 1.50 bits per heavy atom. The Morgan fingerprint density at radius 3 is 2.44 bits per heavy atom. The molecule has 0 aliphatic heterocycles. The summed E-state index contributed by atoms with van der Waals surface area (Å²) in [6, 6.07) is 0.0178. The number of thiocarbonyl (C=S) groups is 1. The standard InChI is InChI=1S/C13H24N2O2S/c1-4-17-8-10(9(2)3)15-12(16)13(11(14)18)6-5-7-13/h9-10H,4-8H2,1-3H3,(H2,14,18)(H,15,16). The van der Waals surface area contributed by atoms with E-state index in [1.54, 1.807) is 0 Å². The summed E-state index contributed by atoms with van der Waals surface area (Å²) in [6.45, 7) is 7.27. The Labute approximate surface area is 115 Å². The molecule has 1 unspecified atom stereocenters. The molecule has 1 fully saturated rings. The van der Waals surface area contributed by atoms with Gasteiger partial charge in [0.1, 0.15) is 0 Å². The molecule has 1 saturated carbocycles. The molecule has 0 spiro atoms. The molecule has 0 aromatic carbocycles. The van der Waals surface area contributed by atoms with Crippen LogP contribution in [-0.4, -0.2) is 30.2 Å². The number of carbonyl (C=O) groups excluding carboxylic acids is 1. The largest absolute Gasteiger partial charge is 0.392 e. The van der Waals surface area contributed by atoms with Crippen LogP contribution in [0.15, 0.2) is 0 Å². The van der Waals surface area contributed by atoms with E-state index in [0.29, 0.717) is 24.1 Å². The molecule has 3 N–H and O–H groups in total. The van der Waals surface area contributed by atoms with E-state index in [-0.39, 0.29) is 11.9 Å². The Balaban J connectivity index is 2.63. The van der Waals surface area contributed by atoms with Gasteiger partial charge in [0.25, 0.3) is 0 Å². The van der Waals surface area contributed by atoms with E-state index in [4.69, 9.17) is 22.7 Å². The molecular formula is C13H24N2O2S. The highest BCUT2D eigenvalue weighted by atomic mass is 32.1. The highest BCUT2D eigenvalue weighted by Crippen LogP contribution is 2.41. The summed E-state index contributed by atoms with van der Waals surface area (Å²) in [6.07, 6.45) is 2.56. The van der Waals surface area contributed by atoms with Crippen LogP contribution in [0.1, 0.15) is 40.0 Å². The van der Waals surface area contributed by atoms with Crippen LogP contribution in [0, 0.1) is 11.3 Å². The zero-order valence-corrected chi connectivity index (χ0v) is 12.3. The van der Waals surface area contributed by atoms with E-state index >= 15 is 0 Å². The number of rotatable bonds is 7. The quantitative estimate of drug-likeness (QED) is 0.691. The Morgan fingerprint density at radius 2 is 2.11 bits per heavy atom. The maximum absolute atomic E-state index is 12.3. The minimum absolute atomic E-state index is 0.0178. The second-order valence-corrected chi connectivity index (χ2v) is 5.72. The first-order valence-corrected chi connectivity index (χ1v) is 7.03. The SMILES string of the molecule is CCOCC(NC(=O)C1(C(N)=S)CCC1)C(C)C. The fourth-order valence-corrected chi connectivity index (χ4v) is 2.36. The molecule has 0 radical (unpaired) electrons. The summed E-state index contributed by atoms with van der Waals surface area (Å²) < 4.78 is 5.40. The summed E-state index contributed by atoms with van der Waals surface area (Å²) in [5.74, 6) is 0.295. The molecule has 0 heterocycles. The van der Waals surface area contributed by atoms with Crippen LogP contribution in [0.25, 0.3) is 0 Å². The van der Waals surface area contributed by atoms with E-state index in [2.05, 4.69) is 19.2 Å². The summed E-state index contributed by atoms with van der Waals surface area (Å²) in [5.41, 5.74) is 5.12. The van der Waals surface area contributed by atoms with Crippen LogP contribution in [-0.2, 0) is 9.53 Å². The number of ether oxygens (including phenoxy) is 1. The molecule has 0 aromatic rings. The summed E-state index contributed by atoms with van der Waals surface area (Å²) in [5, 5.41) is 3.04. The molecule has 1 aliphatic carbocycles. The lowest BCUT2D eigenvalue weighted by Crippen LogP contribution is -2.56. The van der Waals surface area contributed by atoms with Crippen molar-refractivity contribution in [1.29, 1.82) is 0 Å². The second kappa shape index (κ2) is 6.48. The predicted octanol–water partition coefficient (Wildman–Crippen LogP) is 1.62. The van der Waals surface area contributed by atoms with Crippen molar-refractivity contribution in [3.8, 4) is 0 Å². The molecule has 4 nitrogen and oxygen atoms in total. The summed E-state index contributed by atoms with van der Waals surface area (Å²) in [4.78, 5) is 12.7. The molecule has 0 aromatic heterocycles. The van der Waals surface area contributed by atoms with Gasteiger partial charge in [0.15, 0.2) is 0 Å². The fraction of sp³-hybridized carbons (Fsp3) is 0.846. The first kappa shape index (κ1) is 15.4. The lowest BCUT2D eigenvalue weighted by atomic mass is 9.68. The van der Waals surface area contributed by atoms with Crippen LogP contribution in [0.5, 0.6) is 0 Å². The van der Waals surface area contributed by atoms with Gasteiger partial charge >= 0.3 is 0 Å². The Bertz CT molecular complexity index is 314. The van der Waals surface area contributed by atoms with Gasteiger partial charge < -0.3 is 15.8 Å². The highest BCUT2D eigenvalue weighted by molar-refractivity contribution is 7.80. The third-order valence-electron chi connectivity index (χ3n) is 3.74. The maximum atomic E-state index is 12.3. The molecule has 18 heavy (non-hydrogen) atoms. The van der Waals surface area contributed by atoms with Gasteiger partial charge in [-0.05, 0) is 25.7 Å². The average molecular weight is 272 g/mol. The van der Waals surface area contributed by atoms with Crippen molar-refractivity contribution in [3.63, 3.8) is 0 Å². The van der Waals surface area contributed by atoms with E-state index in [0.717, 1.165) is 19.3 Å². The molecule has 0 saturated heterocycles. The van der Waals surface area contributed by atoms with E-state index in [1.807, 2.05) is 6.92 Å². The van der Waals surface area contributed by atoms with Crippen LogP contribution < -0.4 is 11.1 Å². The lowest BCUT2D eigenvalue weighted by Gasteiger charge is -2.40. The topological polar surface area (TPSA) is 64.3 Å². The van der Waals surface area contributed by atoms with Gasteiger partial charge in [-0.15, -0.1) is 0 Å². The number of hydrogen-bond donors (Lipinski definition) is 2. The molecule has 1 amide bonds. The van der Waals surface area contributed by atoms with Crippen LogP contribution in [0.3, 0.4) is 0 Å². The Kier molecular flexibility index (Phi) is 5.53. The number of nitrogens with two attached hydrogens (primary N) is 1. The monoisotopic (exact) mass is 272 g/mol. The normalized spacial score (nSPS) is 19.1. The summed E-state index contributed by atoms with van der Waals surface area (Å²) >= 11 is 5.05. The van der Waals surface area contributed by atoms with Crippen molar-refractivity contribution < 1.29 is 9.53 Å². The Hall–Kier alpha value is -0.680. The second-order valence-electron chi connectivity index (χ2n) is 5.28.